The van der Waals surface area contributed by atoms with Gasteiger partial charge in [-0.2, -0.15) is 5.26 Å². The topological polar surface area (TPSA) is 63.1 Å². The molecule has 1 fully saturated rings. The summed E-state index contributed by atoms with van der Waals surface area (Å²) in [6.07, 6.45) is 3.66. The fraction of sp³-hybridized carbons (Fsp3) is 0.333. The second kappa shape index (κ2) is 8.10. The second-order valence-corrected chi connectivity index (χ2v) is 7.97. The number of aromatic nitrogens is 1. The molecule has 4 rings (SSSR count). The number of likely N-dealkylation sites (tertiary alicyclic amines) is 1. The molecule has 0 radical (unpaired) electrons. The maximum Gasteiger partial charge on any atom is 0.256 e. The Labute approximate surface area is 171 Å². The number of carbonyl (C=O) groups excluding carboxylic acids is 1. The van der Waals surface area contributed by atoms with E-state index in [0.29, 0.717) is 17.2 Å². The number of piperidine rings is 1. The molecule has 0 bridgehead atoms. The quantitative estimate of drug-likeness (QED) is 0.735. The Morgan fingerprint density at radius 1 is 1.24 bits per heavy atom. The number of benzene rings is 2. The predicted molar refractivity (Wildman–Crippen MR) is 115 cm³/mol. The standard InChI is InChI=1S/C24H26N4O/c1-17-5-3-6-18(13-17)16-27(2)20-9-11-28(12-10-20)24(29)21-15-26-22-8-4-7-19(14-25)23(21)22/h3-8,13,15,20,26H,9-12,16H2,1-2H3. The molecule has 2 aromatic carbocycles. The highest BCUT2D eigenvalue weighted by Crippen LogP contribution is 2.25. The van der Waals surface area contributed by atoms with Crippen molar-refractivity contribution in [2.75, 3.05) is 20.1 Å². The molecular weight excluding hydrogens is 360 g/mol. The minimum Gasteiger partial charge on any atom is -0.360 e. The molecule has 0 atom stereocenters. The summed E-state index contributed by atoms with van der Waals surface area (Å²) in [6.45, 7) is 4.52. The van der Waals surface area contributed by atoms with Gasteiger partial charge >= 0.3 is 0 Å². The Hall–Kier alpha value is -3.10. The summed E-state index contributed by atoms with van der Waals surface area (Å²) in [5.41, 5.74) is 4.59. The molecule has 3 aromatic rings. The van der Waals surface area contributed by atoms with Crippen molar-refractivity contribution >= 4 is 16.8 Å². The summed E-state index contributed by atoms with van der Waals surface area (Å²) < 4.78 is 0. The number of fused-ring (bicyclic) bond motifs is 1. The van der Waals surface area contributed by atoms with E-state index >= 15 is 0 Å². The highest BCUT2D eigenvalue weighted by atomic mass is 16.2. The van der Waals surface area contributed by atoms with Crippen molar-refractivity contribution in [3.8, 4) is 6.07 Å². The Morgan fingerprint density at radius 3 is 2.72 bits per heavy atom. The Balaban J connectivity index is 1.42. The second-order valence-electron chi connectivity index (χ2n) is 7.97. The van der Waals surface area contributed by atoms with Gasteiger partial charge < -0.3 is 9.88 Å². The molecule has 0 spiro atoms. The lowest BCUT2D eigenvalue weighted by Crippen LogP contribution is -2.45. The van der Waals surface area contributed by atoms with Crippen molar-refractivity contribution in [2.24, 2.45) is 0 Å². The third kappa shape index (κ3) is 3.90. The van der Waals surface area contributed by atoms with E-state index in [2.05, 4.69) is 54.2 Å². The Kier molecular flexibility index (Phi) is 5.37. The first-order valence-corrected chi connectivity index (χ1v) is 10.1. The number of aromatic amines is 1. The van der Waals surface area contributed by atoms with Gasteiger partial charge in [0.15, 0.2) is 0 Å². The first-order chi connectivity index (χ1) is 14.1. The highest BCUT2D eigenvalue weighted by Gasteiger charge is 2.27. The number of rotatable bonds is 4. The fourth-order valence-electron chi connectivity index (χ4n) is 4.35. The lowest BCUT2D eigenvalue weighted by Gasteiger charge is -2.36. The Bertz CT molecular complexity index is 1070. The van der Waals surface area contributed by atoms with Crippen LogP contribution in [0.25, 0.3) is 10.9 Å². The number of hydrogen-bond donors (Lipinski definition) is 1. The van der Waals surface area contributed by atoms with Crippen molar-refractivity contribution in [1.29, 1.82) is 5.26 Å². The van der Waals surface area contributed by atoms with Gasteiger partial charge in [-0.1, -0.05) is 35.9 Å². The van der Waals surface area contributed by atoms with E-state index in [1.54, 1.807) is 12.3 Å². The van der Waals surface area contributed by atoms with Gasteiger partial charge in [-0.05, 0) is 44.5 Å². The molecule has 29 heavy (non-hydrogen) atoms. The summed E-state index contributed by atoms with van der Waals surface area (Å²) in [5.74, 6) is 0.0127. The van der Waals surface area contributed by atoms with Crippen LogP contribution in [0.1, 0.15) is 39.9 Å². The van der Waals surface area contributed by atoms with Gasteiger partial charge in [-0.15, -0.1) is 0 Å². The van der Waals surface area contributed by atoms with Gasteiger partial charge in [0, 0.05) is 42.8 Å². The Morgan fingerprint density at radius 2 is 2.00 bits per heavy atom. The van der Waals surface area contributed by atoms with Crippen LogP contribution in [0.15, 0.2) is 48.7 Å². The van der Waals surface area contributed by atoms with Gasteiger partial charge in [-0.3, -0.25) is 9.69 Å². The lowest BCUT2D eigenvalue weighted by atomic mass is 10.0. The molecule has 1 saturated heterocycles. The number of hydrogen-bond acceptors (Lipinski definition) is 3. The van der Waals surface area contributed by atoms with Crippen molar-refractivity contribution in [1.82, 2.24) is 14.8 Å². The molecule has 0 unspecified atom stereocenters. The molecule has 0 saturated carbocycles. The molecule has 148 valence electrons. The fourth-order valence-corrected chi connectivity index (χ4v) is 4.35. The number of nitrogens with zero attached hydrogens (tertiary/aromatic N) is 3. The number of nitriles is 1. The SMILES string of the molecule is Cc1cccc(CN(C)C2CCN(C(=O)c3c[nH]c4cccc(C#N)c34)CC2)c1. The van der Waals surface area contributed by atoms with Crippen LogP contribution in [-0.4, -0.2) is 46.9 Å². The van der Waals surface area contributed by atoms with Crippen LogP contribution >= 0.6 is 0 Å². The largest absolute Gasteiger partial charge is 0.360 e. The van der Waals surface area contributed by atoms with Gasteiger partial charge in [0.1, 0.15) is 0 Å². The summed E-state index contributed by atoms with van der Waals surface area (Å²) in [5, 5.41) is 10.1. The molecule has 1 amide bonds. The third-order valence-electron chi connectivity index (χ3n) is 5.95. The van der Waals surface area contributed by atoms with E-state index < -0.39 is 0 Å². The highest BCUT2D eigenvalue weighted by molar-refractivity contribution is 6.08. The molecule has 1 aromatic heterocycles. The van der Waals surface area contributed by atoms with Crippen LogP contribution in [-0.2, 0) is 6.54 Å². The third-order valence-corrected chi connectivity index (χ3v) is 5.95. The zero-order chi connectivity index (χ0) is 20.4. The first kappa shape index (κ1) is 19.2. The van der Waals surface area contributed by atoms with Crippen LogP contribution in [0.3, 0.4) is 0 Å². The van der Waals surface area contributed by atoms with E-state index in [1.807, 2.05) is 17.0 Å². The molecule has 5 nitrogen and oxygen atoms in total. The number of nitrogens with one attached hydrogen (secondary N) is 1. The zero-order valence-corrected chi connectivity index (χ0v) is 17.0. The monoisotopic (exact) mass is 386 g/mol. The number of carbonyl (C=O) groups is 1. The number of aryl methyl sites for hydroxylation is 1. The molecule has 5 heteroatoms. The van der Waals surface area contributed by atoms with E-state index in [-0.39, 0.29) is 5.91 Å². The van der Waals surface area contributed by atoms with Crippen LogP contribution < -0.4 is 0 Å². The van der Waals surface area contributed by atoms with Gasteiger partial charge in [-0.25, -0.2) is 0 Å². The maximum atomic E-state index is 13.1. The summed E-state index contributed by atoms with van der Waals surface area (Å²) in [6, 6.07) is 16.8. The molecule has 0 aliphatic carbocycles. The molecule has 1 aliphatic rings. The van der Waals surface area contributed by atoms with Crippen LogP contribution in [0.5, 0.6) is 0 Å². The van der Waals surface area contributed by atoms with E-state index in [4.69, 9.17) is 0 Å². The van der Waals surface area contributed by atoms with Crippen molar-refractivity contribution in [3.05, 3.63) is 70.9 Å². The van der Waals surface area contributed by atoms with Crippen LogP contribution in [0.2, 0.25) is 0 Å². The minimum atomic E-state index is 0.0127. The van der Waals surface area contributed by atoms with E-state index in [9.17, 15) is 10.1 Å². The molecule has 1 N–H and O–H groups in total. The first-order valence-electron chi connectivity index (χ1n) is 10.1. The summed E-state index contributed by atoms with van der Waals surface area (Å²) >= 11 is 0. The maximum absolute atomic E-state index is 13.1. The average molecular weight is 386 g/mol. The van der Waals surface area contributed by atoms with Crippen LogP contribution in [0.4, 0.5) is 0 Å². The normalized spacial score (nSPS) is 15.0. The van der Waals surface area contributed by atoms with Crippen LogP contribution in [0, 0.1) is 18.3 Å². The predicted octanol–water partition coefficient (Wildman–Crippen LogP) is 4.08. The zero-order valence-electron chi connectivity index (χ0n) is 17.0. The number of H-pyrrole nitrogens is 1. The van der Waals surface area contributed by atoms with Crippen molar-refractivity contribution in [2.45, 2.75) is 32.4 Å². The van der Waals surface area contributed by atoms with Gasteiger partial charge in [0.25, 0.3) is 5.91 Å². The van der Waals surface area contributed by atoms with Gasteiger partial charge in [0.05, 0.1) is 17.2 Å². The van der Waals surface area contributed by atoms with E-state index in [1.165, 1.54) is 11.1 Å². The number of amides is 1. The summed E-state index contributed by atoms with van der Waals surface area (Å²) in [7, 11) is 2.17. The van der Waals surface area contributed by atoms with Crippen molar-refractivity contribution < 1.29 is 4.79 Å². The lowest BCUT2D eigenvalue weighted by molar-refractivity contribution is 0.0641. The molecular formula is C24H26N4O. The van der Waals surface area contributed by atoms with E-state index in [0.717, 1.165) is 43.4 Å². The van der Waals surface area contributed by atoms with Crippen molar-refractivity contribution in [3.63, 3.8) is 0 Å². The smallest absolute Gasteiger partial charge is 0.256 e. The molecule has 1 aliphatic heterocycles. The minimum absolute atomic E-state index is 0.0127. The molecule has 2 heterocycles. The summed E-state index contributed by atoms with van der Waals surface area (Å²) in [4.78, 5) is 20.6. The average Bonchev–Trinajstić information content (AvgIpc) is 3.17. The van der Waals surface area contributed by atoms with Gasteiger partial charge in [0.2, 0.25) is 0 Å².